The van der Waals surface area contributed by atoms with Gasteiger partial charge in [0.15, 0.2) is 0 Å². The molecule has 1 atom stereocenters. The Balaban J connectivity index is 2.11. The third-order valence-corrected chi connectivity index (χ3v) is 5.00. The van der Waals surface area contributed by atoms with Crippen molar-refractivity contribution in [2.75, 3.05) is 7.05 Å². The van der Waals surface area contributed by atoms with E-state index >= 15 is 0 Å². The molecule has 0 bridgehead atoms. The summed E-state index contributed by atoms with van der Waals surface area (Å²) in [6.07, 6.45) is 0. The minimum Gasteiger partial charge on any atom is -0.309 e. The molecule has 3 rings (SSSR count). The van der Waals surface area contributed by atoms with E-state index in [1.807, 2.05) is 19.2 Å². The fourth-order valence-corrected chi connectivity index (χ4v) is 3.25. The lowest BCUT2D eigenvalue weighted by Crippen LogP contribution is -2.18. The molecule has 0 aromatic heterocycles. The van der Waals surface area contributed by atoms with Gasteiger partial charge < -0.3 is 5.32 Å². The SMILES string of the molecule is CNC(c1ccc2ccccc2c1)c1cccc(Br)c1Cl. The van der Waals surface area contributed by atoms with Gasteiger partial charge in [-0.15, -0.1) is 0 Å². The van der Waals surface area contributed by atoms with Crippen molar-refractivity contribution in [1.82, 2.24) is 5.32 Å². The van der Waals surface area contributed by atoms with Crippen LogP contribution in [0.25, 0.3) is 10.8 Å². The molecule has 3 aromatic carbocycles. The van der Waals surface area contributed by atoms with Crippen molar-refractivity contribution in [1.29, 1.82) is 0 Å². The first kappa shape index (κ1) is 14.6. The molecule has 21 heavy (non-hydrogen) atoms. The van der Waals surface area contributed by atoms with Crippen LogP contribution in [-0.4, -0.2) is 7.05 Å². The van der Waals surface area contributed by atoms with Crippen LogP contribution in [0.1, 0.15) is 17.2 Å². The van der Waals surface area contributed by atoms with Gasteiger partial charge in [0.05, 0.1) is 11.1 Å². The summed E-state index contributed by atoms with van der Waals surface area (Å²) in [6.45, 7) is 0. The zero-order chi connectivity index (χ0) is 14.8. The normalized spacial score (nSPS) is 12.5. The molecule has 0 aliphatic carbocycles. The highest BCUT2D eigenvalue weighted by molar-refractivity contribution is 9.10. The quantitative estimate of drug-likeness (QED) is 0.644. The zero-order valence-electron chi connectivity index (χ0n) is 11.6. The summed E-state index contributed by atoms with van der Waals surface area (Å²) >= 11 is 9.94. The molecule has 1 N–H and O–H groups in total. The van der Waals surface area contributed by atoms with Gasteiger partial charge in [-0.1, -0.05) is 60.1 Å². The number of hydrogen-bond donors (Lipinski definition) is 1. The van der Waals surface area contributed by atoms with E-state index in [4.69, 9.17) is 11.6 Å². The third-order valence-electron chi connectivity index (χ3n) is 3.69. The minimum absolute atomic E-state index is 0.0691. The first-order chi connectivity index (χ1) is 10.2. The summed E-state index contributed by atoms with van der Waals surface area (Å²) in [5, 5.41) is 6.60. The molecule has 3 aromatic rings. The number of fused-ring (bicyclic) bond motifs is 1. The van der Waals surface area contributed by atoms with Crippen LogP contribution in [0.3, 0.4) is 0 Å². The lowest BCUT2D eigenvalue weighted by molar-refractivity contribution is 0.692. The fourth-order valence-electron chi connectivity index (χ4n) is 2.63. The van der Waals surface area contributed by atoms with Crippen LogP contribution in [-0.2, 0) is 0 Å². The predicted molar refractivity (Wildman–Crippen MR) is 94.0 cm³/mol. The van der Waals surface area contributed by atoms with Crippen molar-refractivity contribution < 1.29 is 0 Å². The van der Waals surface area contributed by atoms with E-state index in [1.165, 1.54) is 16.3 Å². The Kier molecular flexibility index (Phi) is 4.29. The number of nitrogens with one attached hydrogen (secondary N) is 1. The van der Waals surface area contributed by atoms with Crippen molar-refractivity contribution >= 4 is 38.3 Å². The maximum atomic E-state index is 6.45. The molecule has 3 heteroatoms. The standard InChI is InChI=1S/C18H15BrClN/c1-21-18(15-7-4-8-16(19)17(15)20)14-10-9-12-5-2-3-6-13(12)11-14/h2-11,18,21H,1H3. The number of rotatable bonds is 3. The smallest absolute Gasteiger partial charge is 0.0599 e. The lowest BCUT2D eigenvalue weighted by Gasteiger charge is -2.19. The van der Waals surface area contributed by atoms with E-state index < -0.39 is 0 Å². The molecule has 0 heterocycles. The first-order valence-corrected chi connectivity index (χ1v) is 7.97. The summed E-state index contributed by atoms with van der Waals surface area (Å²) in [7, 11) is 1.96. The highest BCUT2D eigenvalue weighted by Gasteiger charge is 2.16. The monoisotopic (exact) mass is 359 g/mol. The summed E-state index contributed by atoms with van der Waals surface area (Å²) in [4.78, 5) is 0. The van der Waals surface area contributed by atoms with E-state index in [2.05, 4.69) is 69.8 Å². The second-order valence-electron chi connectivity index (χ2n) is 4.97. The molecule has 0 saturated carbocycles. The molecule has 1 nitrogen and oxygen atoms in total. The van der Waals surface area contributed by atoms with Crippen LogP contribution in [0.4, 0.5) is 0 Å². The third kappa shape index (κ3) is 2.84. The largest absolute Gasteiger partial charge is 0.309 e. The molecule has 0 aliphatic rings. The Morgan fingerprint density at radius 2 is 1.71 bits per heavy atom. The molecule has 0 amide bonds. The van der Waals surface area contributed by atoms with Crippen LogP contribution in [0.5, 0.6) is 0 Å². The van der Waals surface area contributed by atoms with Gasteiger partial charge in [-0.05, 0) is 57.0 Å². The molecule has 0 aliphatic heterocycles. The molecule has 0 radical (unpaired) electrons. The van der Waals surface area contributed by atoms with Crippen LogP contribution in [0.2, 0.25) is 5.02 Å². The van der Waals surface area contributed by atoms with Gasteiger partial charge in [-0.25, -0.2) is 0 Å². The summed E-state index contributed by atoms with van der Waals surface area (Å²) in [5.41, 5.74) is 2.28. The van der Waals surface area contributed by atoms with Crippen molar-refractivity contribution in [2.24, 2.45) is 0 Å². The molecule has 106 valence electrons. The van der Waals surface area contributed by atoms with Gasteiger partial charge in [-0.2, -0.15) is 0 Å². The Morgan fingerprint density at radius 3 is 2.48 bits per heavy atom. The van der Waals surface area contributed by atoms with E-state index in [0.29, 0.717) is 0 Å². The second kappa shape index (κ2) is 6.18. The highest BCUT2D eigenvalue weighted by Crippen LogP contribution is 2.34. The van der Waals surface area contributed by atoms with Crippen LogP contribution < -0.4 is 5.32 Å². The predicted octanol–water partition coefficient (Wildman–Crippen LogP) is 5.56. The van der Waals surface area contributed by atoms with Gasteiger partial charge >= 0.3 is 0 Å². The maximum absolute atomic E-state index is 6.45. The Bertz CT molecular complexity index is 785. The Morgan fingerprint density at radius 1 is 0.952 bits per heavy atom. The maximum Gasteiger partial charge on any atom is 0.0599 e. The van der Waals surface area contributed by atoms with Gasteiger partial charge in [0.25, 0.3) is 0 Å². The van der Waals surface area contributed by atoms with Crippen LogP contribution >= 0.6 is 27.5 Å². The average molecular weight is 361 g/mol. The van der Waals surface area contributed by atoms with E-state index in [-0.39, 0.29) is 6.04 Å². The van der Waals surface area contributed by atoms with Crippen LogP contribution in [0.15, 0.2) is 65.1 Å². The molecule has 1 unspecified atom stereocenters. The van der Waals surface area contributed by atoms with Crippen molar-refractivity contribution in [3.63, 3.8) is 0 Å². The van der Waals surface area contributed by atoms with Gasteiger partial charge in [0, 0.05) is 4.47 Å². The topological polar surface area (TPSA) is 12.0 Å². The number of halogens is 2. The van der Waals surface area contributed by atoms with Crippen molar-refractivity contribution in [3.8, 4) is 0 Å². The molecular formula is C18H15BrClN. The zero-order valence-corrected chi connectivity index (χ0v) is 13.9. The van der Waals surface area contributed by atoms with Crippen molar-refractivity contribution in [2.45, 2.75) is 6.04 Å². The Hall–Kier alpha value is -1.35. The van der Waals surface area contributed by atoms with Gasteiger partial charge in [0.2, 0.25) is 0 Å². The number of benzene rings is 3. The Labute approximate surface area is 138 Å². The van der Waals surface area contributed by atoms with Crippen molar-refractivity contribution in [3.05, 3.63) is 81.3 Å². The van der Waals surface area contributed by atoms with Gasteiger partial charge in [0.1, 0.15) is 0 Å². The summed E-state index contributed by atoms with van der Waals surface area (Å²) in [5.74, 6) is 0. The second-order valence-corrected chi connectivity index (χ2v) is 6.20. The fraction of sp³-hybridized carbons (Fsp3) is 0.111. The van der Waals surface area contributed by atoms with E-state index in [9.17, 15) is 0 Å². The lowest BCUT2D eigenvalue weighted by atomic mass is 9.96. The summed E-state index contributed by atoms with van der Waals surface area (Å²) < 4.78 is 0.919. The minimum atomic E-state index is 0.0691. The molecule has 0 fully saturated rings. The van der Waals surface area contributed by atoms with E-state index in [0.717, 1.165) is 15.1 Å². The molecule has 0 saturated heterocycles. The first-order valence-electron chi connectivity index (χ1n) is 6.80. The number of hydrogen-bond acceptors (Lipinski definition) is 1. The molecule has 0 spiro atoms. The van der Waals surface area contributed by atoms with E-state index in [1.54, 1.807) is 0 Å². The highest BCUT2D eigenvalue weighted by atomic mass is 79.9. The summed E-state index contributed by atoms with van der Waals surface area (Å²) in [6, 6.07) is 21.0. The van der Waals surface area contributed by atoms with Gasteiger partial charge in [-0.3, -0.25) is 0 Å². The molecular weight excluding hydrogens is 346 g/mol. The van der Waals surface area contributed by atoms with Crippen LogP contribution in [0, 0.1) is 0 Å². The average Bonchev–Trinajstić information content (AvgIpc) is 2.52.